The van der Waals surface area contributed by atoms with E-state index in [0.29, 0.717) is 22.0 Å². The summed E-state index contributed by atoms with van der Waals surface area (Å²) in [6.45, 7) is 6.63. The third kappa shape index (κ3) is 4.93. The Morgan fingerprint density at radius 2 is 1.66 bits per heavy atom. The lowest BCUT2D eigenvalue weighted by molar-refractivity contribution is -0.136. The van der Waals surface area contributed by atoms with Crippen molar-refractivity contribution in [3.05, 3.63) is 69.1 Å². The van der Waals surface area contributed by atoms with Gasteiger partial charge in [0.05, 0.1) is 10.5 Å². The van der Waals surface area contributed by atoms with E-state index >= 15 is 0 Å². The molecule has 2 aromatic rings. The fourth-order valence-corrected chi connectivity index (χ4v) is 4.63. The maximum Gasteiger partial charge on any atom is 0.268 e. The molecule has 3 nitrogen and oxygen atoms in total. The quantitative estimate of drug-likeness (QED) is 0.361. The Bertz CT molecular complexity index is 950. The van der Waals surface area contributed by atoms with E-state index in [1.54, 1.807) is 12.1 Å². The van der Waals surface area contributed by atoms with Crippen LogP contribution in [0.25, 0.3) is 5.57 Å². The second-order valence-electron chi connectivity index (χ2n) is 7.40. The summed E-state index contributed by atoms with van der Waals surface area (Å²) in [6.07, 6.45) is 4.09. The number of aryl methyl sites for hydroxylation is 2. The van der Waals surface area contributed by atoms with Gasteiger partial charge in [-0.25, -0.2) is 0 Å². The highest BCUT2D eigenvalue weighted by Crippen LogP contribution is 2.41. The van der Waals surface area contributed by atoms with Gasteiger partial charge in [-0.1, -0.05) is 73.3 Å². The zero-order chi connectivity index (χ0) is 21.0. The van der Waals surface area contributed by atoms with Crippen molar-refractivity contribution in [1.29, 1.82) is 0 Å². The predicted octanol–water partition coefficient (Wildman–Crippen LogP) is 6.41. The summed E-state index contributed by atoms with van der Waals surface area (Å²) in [5, 5.41) is 0.643. The largest absolute Gasteiger partial charge is 0.274 e. The molecule has 1 heterocycles. The summed E-state index contributed by atoms with van der Waals surface area (Å²) in [6, 6.07) is 13.3. The first kappa shape index (κ1) is 21.7. The van der Waals surface area contributed by atoms with Gasteiger partial charge in [0.15, 0.2) is 0 Å². The molecule has 0 spiro atoms. The summed E-state index contributed by atoms with van der Waals surface area (Å²) in [7, 11) is 0. The van der Waals surface area contributed by atoms with Crippen LogP contribution < -0.4 is 0 Å². The molecule has 29 heavy (non-hydrogen) atoms. The van der Waals surface area contributed by atoms with E-state index in [9.17, 15) is 9.59 Å². The van der Waals surface area contributed by atoms with E-state index in [-0.39, 0.29) is 11.8 Å². The Balaban J connectivity index is 1.97. The Hall–Kier alpha value is -2.04. The van der Waals surface area contributed by atoms with Gasteiger partial charge in [-0.3, -0.25) is 14.5 Å². The molecule has 0 saturated heterocycles. The number of unbranched alkanes of at least 4 members (excludes halogenated alkanes) is 3. The summed E-state index contributed by atoms with van der Waals surface area (Å²) in [5.41, 5.74) is 3.49. The first-order valence-electron chi connectivity index (χ1n) is 10.0. The molecule has 3 rings (SSSR count). The van der Waals surface area contributed by atoms with E-state index < -0.39 is 0 Å². The van der Waals surface area contributed by atoms with Crippen molar-refractivity contribution in [2.75, 3.05) is 6.54 Å². The predicted molar refractivity (Wildman–Crippen MR) is 121 cm³/mol. The van der Waals surface area contributed by atoms with E-state index in [1.165, 1.54) is 16.7 Å². The van der Waals surface area contributed by atoms with Gasteiger partial charge in [0, 0.05) is 16.5 Å². The smallest absolute Gasteiger partial charge is 0.268 e. The molecule has 0 aromatic heterocycles. The second-order valence-corrected chi connectivity index (χ2v) is 8.92. The van der Waals surface area contributed by atoms with Crippen LogP contribution in [0.2, 0.25) is 5.02 Å². The average Bonchev–Trinajstić information content (AvgIpc) is 2.91. The van der Waals surface area contributed by atoms with Gasteiger partial charge in [-0.2, -0.15) is 0 Å². The van der Waals surface area contributed by atoms with Crippen molar-refractivity contribution in [2.24, 2.45) is 0 Å². The van der Waals surface area contributed by atoms with Crippen LogP contribution in [0.4, 0.5) is 0 Å². The highest BCUT2D eigenvalue weighted by molar-refractivity contribution is 8.04. The number of carbonyl (C=O) groups excluding carboxylic acids is 2. The van der Waals surface area contributed by atoms with Gasteiger partial charge in [0.1, 0.15) is 0 Å². The Morgan fingerprint density at radius 1 is 0.931 bits per heavy atom. The first-order chi connectivity index (χ1) is 13.9. The van der Waals surface area contributed by atoms with Crippen molar-refractivity contribution in [3.63, 3.8) is 0 Å². The van der Waals surface area contributed by atoms with Gasteiger partial charge in [-0.05, 0) is 55.7 Å². The Morgan fingerprint density at radius 3 is 2.31 bits per heavy atom. The van der Waals surface area contributed by atoms with E-state index in [1.807, 2.05) is 38.1 Å². The molecular weight excluding hydrogens is 402 g/mol. The van der Waals surface area contributed by atoms with Crippen molar-refractivity contribution < 1.29 is 9.59 Å². The van der Waals surface area contributed by atoms with E-state index in [4.69, 9.17) is 11.6 Å². The van der Waals surface area contributed by atoms with Crippen molar-refractivity contribution in [3.8, 4) is 0 Å². The number of rotatable bonds is 8. The number of nitrogens with zero attached hydrogens (tertiary/aromatic N) is 1. The van der Waals surface area contributed by atoms with Gasteiger partial charge < -0.3 is 0 Å². The number of thioether (sulfide) groups is 1. The lowest BCUT2D eigenvalue weighted by Gasteiger charge is -2.15. The topological polar surface area (TPSA) is 37.4 Å². The van der Waals surface area contributed by atoms with E-state index in [2.05, 4.69) is 13.0 Å². The molecule has 0 fully saturated rings. The molecule has 5 heteroatoms. The van der Waals surface area contributed by atoms with Crippen LogP contribution in [-0.2, 0) is 9.59 Å². The van der Waals surface area contributed by atoms with Crippen LogP contribution >= 0.6 is 23.4 Å². The maximum atomic E-state index is 13.3. The molecule has 2 amide bonds. The Kier molecular flexibility index (Phi) is 7.20. The summed E-state index contributed by atoms with van der Waals surface area (Å²) in [4.78, 5) is 29.3. The fourth-order valence-electron chi connectivity index (χ4n) is 3.50. The van der Waals surface area contributed by atoms with Crippen LogP contribution in [0.15, 0.2) is 52.3 Å². The highest BCUT2D eigenvalue weighted by atomic mass is 35.5. The molecule has 0 aliphatic carbocycles. The average molecular weight is 428 g/mol. The number of hydrogen-bond acceptors (Lipinski definition) is 3. The molecule has 0 bridgehead atoms. The Labute approximate surface area is 182 Å². The first-order valence-corrected chi connectivity index (χ1v) is 11.2. The molecule has 0 atom stereocenters. The van der Waals surface area contributed by atoms with Gasteiger partial charge >= 0.3 is 0 Å². The molecule has 1 aliphatic heterocycles. The van der Waals surface area contributed by atoms with Crippen LogP contribution in [0.5, 0.6) is 0 Å². The van der Waals surface area contributed by atoms with Crippen molar-refractivity contribution in [2.45, 2.75) is 51.3 Å². The summed E-state index contributed by atoms with van der Waals surface area (Å²) in [5.74, 6) is -0.378. The minimum absolute atomic E-state index is 0.185. The monoisotopic (exact) mass is 427 g/mol. The molecule has 1 aliphatic rings. The highest BCUT2D eigenvalue weighted by Gasteiger charge is 2.39. The third-order valence-electron chi connectivity index (χ3n) is 5.05. The zero-order valence-electron chi connectivity index (χ0n) is 17.1. The van der Waals surface area contributed by atoms with Crippen LogP contribution in [0.3, 0.4) is 0 Å². The van der Waals surface area contributed by atoms with Gasteiger partial charge in [-0.15, -0.1) is 0 Å². The molecular formula is C24H26ClNO2S. The lowest BCUT2D eigenvalue weighted by Crippen LogP contribution is -2.32. The third-order valence-corrected chi connectivity index (χ3v) is 6.39. The zero-order valence-corrected chi connectivity index (χ0v) is 18.7. The van der Waals surface area contributed by atoms with Crippen LogP contribution in [-0.4, -0.2) is 23.3 Å². The molecule has 0 unspecified atom stereocenters. The molecule has 152 valence electrons. The second kappa shape index (κ2) is 9.64. The van der Waals surface area contributed by atoms with Gasteiger partial charge in [0.2, 0.25) is 0 Å². The number of amides is 2. The minimum atomic E-state index is -0.193. The van der Waals surface area contributed by atoms with Crippen molar-refractivity contribution in [1.82, 2.24) is 4.90 Å². The number of hydrogen-bond donors (Lipinski definition) is 0. The van der Waals surface area contributed by atoms with Crippen molar-refractivity contribution >= 4 is 40.8 Å². The van der Waals surface area contributed by atoms with Gasteiger partial charge in [0.25, 0.3) is 11.8 Å². The number of benzene rings is 2. The molecule has 0 N–H and O–H groups in total. The van der Waals surface area contributed by atoms with Crippen LogP contribution in [0, 0.1) is 13.8 Å². The normalized spacial score (nSPS) is 14.3. The standard InChI is InChI=1S/C24H26ClNO2S/c1-4-5-6-7-14-26-23(27)21(20-13-8-16(2)15-17(20)3)22(24(26)28)29-19-11-9-18(25)10-12-19/h8-13,15H,4-7,14H2,1-3H3. The lowest BCUT2D eigenvalue weighted by atomic mass is 9.99. The number of carbonyl (C=O) groups is 2. The summed E-state index contributed by atoms with van der Waals surface area (Å²) >= 11 is 7.34. The van der Waals surface area contributed by atoms with Crippen LogP contribution in [0.1, 0.15) is 49.3 Å². The maximum absolute atomic E-state index is 13.3. The van der Waals surface area contributed by atoms with E-state index in [0.717, 1.165) is 47.3 Å². The molecule has 0 saturated carbocycles. The molecule has 2 aromatic carbocycles. The fraction of sp³-hybridized carbons (Fsp3) is 0.333. The molecule has 0 radical (unpaired) electrons. The SMILES string of the molecule is CCCCCCN1C(=O)C(Sc2ccc(Cl)cc2)=C(c2ccc(C)cc2C)C1=O. The minimum Gasteiger partial charge on any atom is -0.274 e. The summed E-state index contributed by atoms with van der Waals surface area (Å²) < 4.78 is 0. The number of halogens is 1. The number of imide groups is 1.